The van der Waals surface area contributed by atoms with Crippen LogP contribution in [0.4, 0.5) is 11.5 Å². The van der Waals surface area contributed by atoms with Gasteiger partial charge in [0.05, 0.1) is 36.7 Å². The van der Waals surface area contributed by atoms with Crippen LogP contribution in [0.25, 0.3) is 0 Å². The third kappa shape index (κ3) is 3.41. The van der Waals surface area contributed by atoms with Crippen molar-refractivity contribution >= 4 is 11.5 Å². The molecule has 4 atom stereocenters. The van der Waals surface area contributed by atoms with Crippen LogP contribution in [0.3, 0.4) is 0 Å². The van der Waals surface area contributed by atoms with Gasteiger partial charge in [0.25, 0.3) is 0 Å². The van der Waals surface area contributed by atoms with Crippen LogP contribution in [0.5, 0.6) is 0 Å². The highest BCUT2D eigenvalue weighted by atomic mass is 16.5. The van der Waals surface area contributed by atoms with Crippen LogP contribution in [0.2, 0.25) is 0 Å². The van der Waals surface area contributed by atoms with Crippen LogP contribution in [0.1, 0.15) is 17.9 Å². The third-order valence-electron chi connectivity index (χ3n) is 3.62. The molecule has 2 rings (SSSR count). The average Bonchev–Trinajstić information content (AvgIpc) is 2.70. The Labute approximate surface area is 123 Å². The Balaban J connectivity index is 2.10. The predicted molar refractivity (Wildman–Crippen MR) is 76.8 cm³/mol. The SMILES string of the molecule is Cc1nc(C)c(N)c(N[C@@H]2C[C@H](OCCO)[C@@H](O)[C@H]2O)n1. The summed E-state index contributed by atoms with van der Waals surface area (Å²) >= 11 is 0. The molecule has 0 saturated heterocycles. The minimum atomic E-state index is -1.01. The van der Waals surface area contributed by atoms with Gasteiger partial charge in [-0.2, -0.15) is 0 Å². The van der Waals surface area contributed by atoms with Crippen molar-refractivity contribution < 1.29 is 20.1 Å². The van der Waals surface area contributed by atoms with Crippen LogP contribution in [0.15, 0.2) is 0 Å². The molecule has 8 heteroatoms. The van der Waals surface area contributed by atoms with Gasteiger partial charge in [0.1, 0.15) is 18.0 Å². The van der Waals surface area contributed by atoms with E-state index in [0.717, 1.165) is 0 Å². The second-order valence-electron chi connectivity index (χ2n) is 5.22. The maximum absolute atomic E-state index is 10.1. The molecule has 8 nitrogen and oxygen atoms in total. The molecule has 0 spiro atoms. The van der Waals surface area contributed by atoms with E-state index < -0.39 is 24.4 Å². The van der Waals surface area contributed by atoms with Gasteiger partial charge in [-0.3, -0.25) is 0 Å². The van der Waals surface area contributed by atoms with Gasteiger partial charge in [0.2, 0.25) is 0 Å². The third-order valence-corrected chi connectivity index (χ3v) is 3.62. The Kier molecular flexibility index (Phi) is 4.94. The molecule has 1 heterocycles. The Bertz CT molecular complexity index is 499. The number of hydrogen-bond donors (Lipinski definition) is 5. The molecule has 1 aliphatic carbocycles. The topological polar surface area (TPSA) is 134 Å². The molecule has 0 amide bonds. The number of nitrogens with two attached hydrogens (primary N) is 1. The maximum Gasteiger partial charge on any atom is 0.153 e. The first-order valence-corrected chi connectivity index (χ1v) is 6.90. The lowest BCUT2D eigenvalue weighted by atomic mass is 10.2. The van der Waals surface area contributed by atoms with Crippen molar-refractivity contribution in [3.8, 4) is 0 Å². The van der Waals surface area contributed by atoms with Gasteiger partial charge in [-0.05, 0) is 20.3 Å². The number of ether oxygens (including phenoxy) is 1. The molecule has 0 unspecified atom stereocenters. The number of aliphatic hydroxyl groups excluding tert-OH is 3. The van der Waals surface area contributed by atoms with Crippen LogP contribution in [-0.2, 0) is 4.74 Å². The van der Waals surface area contributed by atoms with Crippen LogP contribution >= 0.6 is 0 Å². The van der Waals surface area contributed by atoms with E-state index in [9.17, 15) is 10.2 Å². The quantitative estimate of drug-likeness (QED) is 0.465. The number of aryl methyl sites for hydroxylation is 2. The van der Waals surface area contributed by atoms with Gasteiger partial charge in [-0.15, -0.1) is 0 Å². The van der Waals surface area contributed by atoms with Crippen molar-refractivity contribution in [1.29, 1.82) is 0 Å². The second-order valence-corrected chi connectivity index (χ2v) is 5.22. The molecule has 1 aliphatic rings. The first-order chi connectivity index (χ1) is 9.93. The fourth-order valence-electron chi connectivity index (χ4n) is 2.51. The highest BCUT2D eigenvalue weighted by Gasteiger charge is 2.42. The highest BCUT2D eigenvalue weighted by molar-refractivity contribution is 5.64. The Morgan fingerprint density at radius 1 is 1.29 bits per heavy atom. The van der Waals surface area contributed by atoms with Crippen molar-refractivity contribution in [2.75, 3.05) is 24.3 Å². The summed E-state index contributed by atoms with van der Waals surface area (Å²) in [6.07, 6.45) is -2.15. The number of rotatable bonds is 5. The fourth-order valence-corrected chi connectivity index (χ4v) is 2.51. The Morgan fingerprint density at radius 3 is 2.67 bits per heavy atom. The zero-order chi connectivity index (χ0) is 15.6. The standard InChI is InChI=1S/C13H22N4O4/c1-6-10(14)13(16-7(2)15-6)17-8-5-9(21-4-3-18)12(20)11(8)19/h8-9,11-12,18-20H,3-5,14H2,1-2H3,(H,15,16,17)/t8-,9+,11+,12-/m1/s1. The Hall–Kier alpha value is -1.48. The number of nitrogens with one attached hydrogen (secondary N) is 1. The van der Waals surface area contributed by atoms with Crippen LogP contribution in [-0.4, -0.2) is 62.9 Å². The highest BCUT2D eigenvalue weighted by Crippen LogP contribution is 2.28. The first-order valence-electron chi connectivity index (χ1n) is 6.90. The summed E-state index contributed by atoms with van der Waals surface area (Å²) in [7, 11) is 0. The normalized spacial score (nSPS) is 28.8. The summed E-state index contributed by atoms with van der Waals surface area (Å²) in [4.78, 5) is 8.38. The predicted octanol–water partition coefficient (Wildman–Crippen LogP) is -1.04. The molecule has 0 aromatic carbocycles. The number of nitrogens with zero attached hydrogens (tertiary/aromatic N) is 2. The molecule has 0 radical (unpaired) electrons. The molecule has 0 bridgehead atoms. The Morgan fingerprint density at radius 2 is 2.00 bits per heavy atom. The molecular formula is C13H22N4O4. The summed E-state index contributed by atoms with van der Waals surface area (Å²) in [6, 6.07) is -0.431. The van der Waals surface area contributed by atoms with Gasteiger partial charge in [0, 0.05) is 0 Å². The minimum absolute atomic E-state index is 0.120. The van der Waals surface area contributed by atoms with E-state index in [0.29, 0.717) is 29.4 Å². The summed E-state index contributed by atoms with van der Waals surface area (Å²) in [5.41, 5.74) is 7.01. The molecular weight excluding hydrogens is 276 g/mol. The fraction of sp³-hybridized carbons (Fsp3) is 0.692. The molecule has 1 aromatic heterocycles. The van der Waals surface area contributed by atoms with Crippen LogP contribution in [0, 0.1) is 13.8 Å². The first kappa shape index (κ1) is 15.9. The molecule has 1 saturated carbocycles. The number of nitrogen functional groups attached to an aromatic ring is 1. The van der Waals surface area contributed by atoms with Gasteiger partial charge in [-0.25, -0.2) is 9.97 Å². The molecule has 0 aliphatic heterocycles. The number of anilines is 2. The lowest BCUT2D eigenvalue weighted by Gasteiger charge is -2.19. The number of aliphatic hydroxyl groups is 3. The van der Waals surface area contributed by atoms with E-state index in [1.54, 1.807) is 13.8 Å². The van der Waals surface area contributed by atoms with Gasteiger partial charge in [0.15, 0.2) is 5.82 Å². The molecule has 1 fully saturated rings. The molecule has 6 N–H and O–H groups in total. The number of aromatic nitrogens is 2. The van der Waals surface area contributed by atoms with Crippen LogP contribution < -0.4 is 11.1 Å². The summed E-state index contributed by atoms with van der Waals surface area (Å²) in [5, 5.41) is 31.8. The largest absolute Gasteiger partial charge is 0.394 e. The minimum Gasteiger partial charge on any atom is -0.394 e. The van der Waals surface area contributed by atoms with E-state index in [4.69, 9.17) is 15.6 Å². The summed E-state index contributed by atoms with van der Waals surface area (Å²) in [6.45, 7) is 3.52. The van der Waals surface area contributed by atoms with Gasteiger partial charge in [-0.1, -0.05) is 0 Å². The van der Waals surface area contributed by atoms with Crippen molar-refractivity contribution in [3.05, 3.63) is 11.5 Å². The smallest absolute Gasteiger partial charge is 0.153 e. The molecule has 118 valence electrons. The van der Waals surface area contributed by atoms with Crippen molar-refractivity contribution in [2.45, 2.75) is 44.6 Å². The van der Waals surface area contributed by atoms with Gasteiger partial charge >= 0.3 is 0 Å². The lowest BCUT2D eigenvalue weighted by Crippen LogP contribution is -2.36. The zero-order valence-electron chi connectivity index (χ0n) is 12.2. The van der Waals surface area contributed by atoms with E-state index in [1.807, 2.05) is 0 Å². The summed E-state index contributed by atoms with van der Waals surface area (Å²) < 4.78 is 5.32. The molecule has 1 aromatic rings. The van der Waals surface area contributed by atoms with Crippen molar-refractivity contribution in [3.63, 3.8) is 0 Å². The zero-order valence-corrected chi connectivity index (χ0v) is 12.2. The molecule has 21 heavy (non-hydrogen) atoms. The summed E-state index contributed by atoms with van der Waals surface area (Å²) in [5.74, 6) is 1.02. The van der Waals surface area contributed by atoms with E-state index in [1.165, 1.54) is 0 Å². The van der Waals surface area contributed by atoms with E-state index in [2.05, 4.69) is 15.3 Å². The number of hydrogen-bond acceptors (Lipinski definition) is 8. The lowest BCUT2D eigenvalue weighted by molar-refractivity contribution is -0.0612. The van der Waals surface area contributed by atoms with Crippen molar-refractivity contribution in [2.24, 2.45) is 0 Å². The monoisotopic (exact) mass is 298 g/mol. The van der Waals surface area contributed by atoms with E-state index >= 15 is 0 Å². The van der Waals surface area contributed by atoms with Gasteiger partial charge < -0.3 is 31.1 Å². The second kappa shape index (κ2) is 6.52. The average molecular weight is 298 g/mol. The van der Waals surface area contributed by atoms with E-state index in [-0.39, 0.29) is 13.2 Å². The van der Waals surface area contributed by atoms with Crippen molar-refractivity contribution in [1.82, 2.24) is 9.97 Å². The maximum atomic E-state index is 10.1.